The van der Waals surface area contributed by atoms with Crippen LogP contribution < -0.4 is 11.1 Å². The van der Waals surface area contributed by atoms with Gasteiger partial charge in [-0.3, -0.25) is 9.69 Å². The summed E-state index contributed by atoms with van der Waals surface area (Å²) < 4.78 is 5.31. The lowest BCUT2D eigenvalue weighted by Crippen LogP contribution is -2.50. The highest BCUT2D eigenvalue weighted by atomic mass is 32.1. The van der Waals surface area contributed by atoms with Gasteiger partial charge < -0.3 is 20.7 Å². The van der Waals surface area contributed by atoms with E-state index in [0.29, 0.717) is 38.6 Å². The number of morpholine rings is 1. The molecule has 3 amide bonds. The third kappa shape index (κ3) is 6.22. The van der Waals surface area contributed by atoms with Crippen molar-refractivity contribution in [3.05, 3.63) is 16.1 Å². The van der Waals surface area contributed by atoms with E-state index in [0.717, 1.165) is 23.8 Å². The van der Waals surface area contributed by atoms with Gasteiger partial charge in [-0.1, -0.05) is 13.8 Å². The molecule has 0 aliphatic carbocycles. The topological polar surface area (TPSA) is 101 Å². The zero-order valence-corrected chi connectivity index (χ0v) is 16.6. The second-order valence-electron chi connectivity index (χ2n) is 6.83. The maximum Gasteiger partial charge on any atom is 0.318 e. The van der Waals surface area contributed by atoms with Gasteiger partial charge in [0.1, 0.15) is 6.04 Å². The van der Waals surface area contributed by atoms with Crippen LogP contribution in [0.5, 0.6) is 0 Å². The quantitative estimate of drug-likeness (QED) is 0.697. The highest BCUT2D eigenvalue weighted by Crippen LogP contribution is 2.19. The zero-order valence-electron chi connectivity index (χ0n) is 15.7. The van der Waals surface area contributed by atoms with Gasteiger partial charge in [0.25, 0.3) is 0 Å². The highest BCUT2D eigenvalue weighted by molar-refractivity contribution is 7.09. The van der Waals surface area contributed by atoms with Gasteiger partial charge in [-0.25, -0.2) is 9.78 Å². The molecular weight excluding hydrogens is 354 g/mol. The monoisotopic (exact) mass is 383 g/mol. The summed E-state index contributed by atoms with van der Waals surface area (Å²) in [7, 11) is 1.68. The molecule has 0 spiro atoms. The van der Waals surface area contributed by atoms with E-state index in [4.69, 9.17) is 10.5 Å². The first kappa shape index (κ1) is 20.6. The summed E-state index contributed by atoms with van der Waals surface area (Å²) in [5.41, 5.74) is 6.31. The van der Waals surface area contributed by atoms with Crippen LogP contribution in [0.3, 0.4) is 0 Å². The largest absolute Gasteiger partial charge is 0.379 e. The molecule has 146 valence electrons. The van der Waals surface area contributed by atoms with Crippen LogP contribution in [0.1, 0.15) is 36.9 Å². The van der Waals surface area contributed by atoms with Crippen LogP contribution in [0.2, 0.25) is 0 Å². The number of nitrogens with two attached hydrogens (primary N) is 1. The van der Waals surface area contributed by atoms with Crippen molar-refractivity contribution in [2.75, 3.05) is 39.9 Å². The number of primary amides is 1. The molecule has 0 radical (unpaired) electrons. The van der Waals surface area contributed by atoms with Crippen LogP contribution in [0.25, 0.3) is 0 Å². The van der Waals surface area contributed by atoms with E-state index in [9.17, 15) is 9.59 Å². The predicted molar refractivity (Wildman–Crippen MR) is 101 cm³/mol. The Hall–Kier alpha value is -1.71. The first-order chi connectivity index (χ1) is 12.4. The Morgan fingerprint density at radius 3 is 2.69 bits per heavy atom. The number of aromatic nitrogens is 1. The van der Waals surface area contributed by atoms with Crippen LogP contribution in [-0.4, -0.2) is 72.7 Å². The SMILES string of the molecule is CC(C)c1nc(CN(C)C(=O)NC(CCN2CCOCC2)C(N)=O)cs1. The molecule has 1 unspecified atom stereocenters. The van der Waals surface area contributed by atoms with E-state index < -0.39 is 11.9 Å². The fourth-order valence-electron chi connectivity index (χ4n) is 2.66. The smallest absolute Gasteiger partial charge is 0.318 e. The van der Waals surface area contributed by atoms with E-state index in [-0.39, 0.29) is 6.03 Å². The standard InChI is InChI=1S/C17H29N5O3S/c1-12(2)16-19-13(11-26-16)10-21(3)17(24)20-14(15(18)23)4-5-22-6-8-25-9-7-22/h11-12,14H,4-10H2,1-3H3,(H2,18,23)(H,20,24). The average molecular weight is 384 g/mol. The first-order valence-corrected chi connectivity index (χ1v) is 9.80. The maximum atomic E-state index is 12.4. The number of amides is 3. The fourth-order valence-corrected chi connectivity index (χ4v) is 3.48. The molecule has 1 aliphatic heterocycles. The minimum Gasteiger partial charge on any atom is -0.379 e. The minimum absolute atomic E-state index is 0.324. The van der Waals surface area contributed by atoms with Gasteiger partial charge in [-0.05, 0) is 6.42 Å². The van der Waals surface area contributed by atoms with Gasteiger partial charge in [0, 0.05) is 38.0 Å². The molecule has 1 aromatic heterocycles. The number of urea groups is 1. The number of nitrogens with zero attached hydrogens (tertiary/aromatic N) is 3. The molecule has 26 heavy (non-hydrogen) atoms. The number of carbonyl (C=O) groups excluding carboxylic acids is 2. The first-order valence-electron chi connectivity index (χ1n) is 8.92. The molecule has 0 aromatic carbocycles. The Labute approximate surface area is 158 Å². The summed E-state index contributed by atoms with van der Waals surface area (Å²) in [6, 6.07) is -1.01. The second-order valence-corrected chi connectivity index (χ2v) is 7.72. The third-order valence-electron chi connectivity index (χ3n) is 4.29. The molecule has 8 nitrogen and oxygen atoms in total. The number of hydrogen-bond acceptors (Lipinski definition) is 6. The average Bonchev–Trinajstić information content (AvgIpc) is 3.07. The summed E-state index contributed by atoms with van der Waals surface area (Å²) in [5, 5.41) is 5.75. The van der Waals surface area contributed by atoms with Crippen LogP contribution in [0, 0.1) is 0 Å². The Morgan fingerprint density at radius 2 is 2.12 bits per heavy atom. The molecule has 1 atom stereocenters. The number of thiazole rings is 1. The van der Waals surface area contributed by atoms with Gasteiger partial charge in [-0.15, -0.1) is 11.3 Å². The van der Waals surface area contributed by atoms with Crippen molar-refractivity contribution in [1.29, 1.82) is 0 Å². The third-order valence-corrected chi connectivity index (χ3v) is 5.48. The van der Waals surface area contributed by atoms with Gasteiger partial charge >= 0.3 is 6.03 Å². The van der Waals surface area contributed by atoms with E-state index >= 15 is 0 Å². The second kappa shape index (κ2) is 9.84. The van der Waals surface area contributed by atoms with Crippen molar-refractivity contribution in [1.82, 2.24) is 20.1 Å². The van der Waals surface area contributed by atoms with E-state index in [1.54, 1.807) is 18.4 Å². The normalized spacial score (nSPS) is 16.5. The summed E-state index contributed by atoms with van der Waals surface area (Å²) in [6.45, 7) is 8.33. The molecule has 9 heteroatoms. The molecular formula is C17H29N5O3S. The van der Waals surface area contributed by atoms with E-state index in [1.165, 1.54) is 4.90 Å². The Kier molecular flexibility index (Phi) is 7.80. The van der Waals surface area contributed by atoms with Crippen LogP contribution >= 0.6 is 11.3 Å². The molecule has 1 aromatic rings. The van der Waals surface area contributed by atoms with E-state index in [1.807, 2.05) is 5.38 Å². The van der Waals surface area contributed by atoms with Crippen LogP contribution in [0.15, 0.2) is 5.38 Å². The molecule has 0 saturated carbocycles. The number of carbonyl (C=O) groups is 2. The molecule has 2 rings (SSSR count). The lowest BCUT2D eigenvalue weighted by molar-refractivity contribution is -0.120. The zero-order chi connectivity index (χ0) is 19.1. The molecule has 2 heterocycles. The number of hydrogen-bond donors (Lipinski definition) is 2. The lowest BCUT2D eigenvalue weighted by Gasteiger charge is -2.28. The number of ether oxygens (including phenoxy) is 1. The Morgan fingerprint density at radius 1 is 1.42 bits per heavy atom. The summed E-state index contributed by atoms with van der Waals surface area (Å²) in [4.78, 5) is 32.4. The molecule has 1 aliphatic rings. The van der Waals surface area contributed by atoms with Gasteiger partial charge in [-0.2, -0.15) is 0 Å². The Balaban J connectivity index is 1.83. The van der Waals surface area contributed by atoms with Crippen molar-refractivity contribution in [2.24, 2.45) is 5.73 Å². The van der Waals surface area contributed by atoms with Gasteiger partial charge in [0.2, 0.25) is 5.91 Å². The molecule has 1 fully saturated rings. The van der Waals surface area contributed by atoms with Crippen molar-refractivity contribution in [2.45, 2.75) is 38.8 Å². The fraction of sp³-hybridized carbons (Fsp3) is 0.706. The molecule has 1 saturated heterocycles. The minimum atomic E-state index is -0.686. The molecule has 0 bridgehead atoms. The van der Waals surface area contributed by atoms with Crippen LogP contribution in [0.4, 0.5) is 4.79 Å². The lowest BCUT2D eigenvalue weighted by atomic mass is 10.2. The Bertz CT molecular complexity index is 601. The highest BCUT2D eigenvalue weighted by Gasteiger charge is 2.22. The van der Waals surface area contributed by atoms with E-state index in [2.05, 4.69) is 29.0 Å². The maximum absolute atomic E-state index is 12.4. The van der Waals surface area contributed by atoms with Crippen molar-refractivity contribution >= 4 is 23.3 Å². The summed E-state index contributed by atoms with van der Waals surface area (Å²) in [6.07, 6.45) is 0.489. The van der Waals surface area contributed by atoms with Crippen LogP contribution in [-0.2, 0) is 16.1 Å². The van der Waals surface area contributed by atoms with Gasteiger partial charge in [0.15, 0.2) is 0 Å². The van der Waals surface area contributed by atoms with Crippen molar-refractivity contribution in [3.8, 4) is 0 Å². The molecule has 3 N–H and O–H groups in total. The summed E-state index contributed by atoms with van der Waals surface area (Å²) in [5.74, 6) is -0.150. The number of rotatable bonds is 8. The summed E-state index contributed by atoms with van der Waals surface area (Å²) >= 11 is 1.59. The van der Waals surface area contributed by atoms with Gasteiger partial charge in [0.05, 0.1) is 30.5 Å². The van der Waals surface area contributed by atoms with Crippen molar-refractivity contribution < 1.29 is 14.3 Å². The number of nitrogens with one attached hydrogen (secondary N) is 1. The van der Waals surface area contributed by atoms with Crippen molar-refractivity contribution in [3.63, 3.8) is 0 Å². The predicted octanol–water partition coefficient (Wildman–Crippen LogP) is 0.984.